The minimum Gasteiger partial charge on any atom is -0.445 e. The van der Waals surface area contributed by atoms with Gasteiger partial charge in [-0.05, 0) is 38.3 Å². The minimum atomic E-state index is 0.681. The van der Waals surface area contributed by atoms with E-state index in [0.717, 1.165) is 43.5 Å². The molecule has 1 N–H and O–H groups in total. The van der Waals surface area contributed by atoms with E-state index in [9.17, 15) is 0 Å². The van der Waals surface area contributed by atoms with E-state index in [-0.39, 0.29) is 0 Å². The first-order valence-electron chi connectivity index (χ1n) is 6.41. The molecular weight excluding hydrogens is 200 g/mol. The van der Waals surface area contributed by atoms with Crippen LogP contribution in [0.4, 0.5) is 0 Å². The van der Waals surface area contributed by atoms with Gasteiger partial charge in [0.15, 0.2) is 5.89 Å². The Hall–Kier alpha value is -0.830. The van der Waals surface area contributed by atoms with Crippen LogP contribution in [0.25, 0.3) is 0 Å². The van der Waals surface area contributed by atoms with Crippen molar-refractivity contribution in [2.45, 2.75) is 45.4 Å². The Kier molecular flexibility index (Phi) is 3.99. The average Bonchev–Trinajstić information content (AvgIpc) is 2.99. The van der Waals surface area contributed by atoms with Gasteiger partial charge < -0.3 is 9.73 Å². The second-order valence-electron chi connectivity index (χ2n) is 5.13. The monoisotopic (exact) mass is 222 g/mol. The molecule has 3 nitrogen and oxygen atoms in total. The molecule has 0 aliphatic heterocycles. The van der Waals surface area contributed by atoms with Gasteiger partial charge in [0.2, 0.25) is 0 Å². The van der Waals surface area contributed by atoms with E-state index >= 15 is 0 Å². The number of rotatable bonds is 7. The van der Waals surface area contributed by atoms with Crippen LogP contribution in [0, 0.1) is 5.92 Å². The van der Waals surface area contributed by atoms with E-state index < -0.39 is 0 Å². The lowest BCUT2D eigenvalue weighted by Gasteiger charge is -2.05. The van der Waals surface area contributed by atoms with E-state index in [1.807, 2.05) is 6.20 Å². The van der Waals surface area contributed by atoms with E-state index in [1.165, 1.54) is 12.8 Å². The summed E-state index contributed by atoms with van der Waals surface area (Å²) in [5, 5.41) is 3.43. The summed E-state index contributed by atoms with van der Waals surface area (Å²) in [5.74, 6) is 3.42. The van der Waals surface area contributed by atoms with Crippen LogP contribution in [-0.2, 0) is 6.42 Å². The molecule has 2 rings (SSSR count). The molecule has 1 aliphatic carbocycles. The molecule has 3 heteroatoms. The molecule has 90 valence electrons. The van der Waals surface area contributed by atoms with Crippen LogP contribution in [0.5, 0.6) is 0 Å². The number of hydrogen-bond acceptors (Lipinski definition) is 3. The van der Waals surface area contributed by atoms with Crippen LogP contribution in [0.2, 0.25) is 0 Å². The van der Waals surface area contributed by atoms with Crippen molar-refractivity contribution in [1.29, 1.82) is 0 Å². The van der Waals surface area contributed by atoms with Crippen molar-refractivity contribution >= 4 is 0 Å². The number of nitrogens with zero attached hydrogens (tertiary/aromatic N) is 1. The smallest absolute Gasteiger partial charge is 0.194 e. The van der Waals surface area contributed by atoms with Crippen molar-refractivity contribution in [3.8, 4) is 0 Å². The fourth-order valence-electron chi connectivity index (χ4n) is 1.75. The Labute approximate surface area is 97.6 Å². The van der Waals surface area contributed by atoms with Crippen LogP contribution in [0.3, 0.4) is 0 Å². The lowest BCUT2D eigenvalue weighted by molar-refractivity contribution is 0.444. The molecule has 1 aromatic rings. The highest BCUT2D eigenvalue weighted by Crippen LogP contribution is 2.40. The molecule has 0 unspecified atom stereocenters. The van der Waals surface area contributed by atoms with E-state index in [4.69, 9.17) is 4.42 Å². The summed E-state index contributed by atoms with van der Waals surface area (Å²) in [6.45, 7) is 6.60. The molecule has 0 bridgehead atoms. The highest BCUT2D eigenvalue weighted by Gasteiger charge is 2.27. The predicted octanol–water partition coefficient (Wildman–Crippen LogP) is 2.73. The molecule has 1 aromatic heterocycles. The van der Waals surface area contributed by atoms with Gasteiger partial charge in [0.25, 0.3) is 0 Å². The molecule has 0 spiro atoms. The van der Waals surface area contributed by atoms with Crippen LogP contribution >= 0.6 is 0 Å². The number of oxazole rings is 1. The van der Waals surface area contributed by atoms with Crippen molar-refractivity contribution < 1.29 is 4.42 Å². The Morgan fingerprint density at radius 2 is 2.31 bits per heavy atom. The molecular formula is C13H22N2O. The second kappa shape index (κ2) is 5.48. The van der Waals surface area contributed by atoms with Crippen molar-refractivity contribution in [3.63, 3.8) is 0 Å². The zero-order valence-electron chi connectivity index (χ0n) is 10.3. The summed E-state index contributed by atoms with van der Waals surface area (Å²) < 4.78 is 5.70. The van der Waals surface area contributed by atoms with Crippen molar-refractivity contribution in [3.05, 3.63) is 17.8 Å². The van der Waals surface area contributed by atoms with Crippen LogP contribution in [0.15, 0.2) is 10.6 Å². The van der Waals surface area contributed by atoms with Crippen LogP contribution in [-0.4, -0.2) is 18.1 Å². The Morgan fingerprint density at radius 3 is 3.00 bits per heavy atom. The number of aryl methyl sites for hydroxylation is 1. The van der Waals surface area contributed by atoms with Gasteiger partial charge >= 0.3 is 0 Å². The molecule has 1 aliphatic rings. The minimum absolute atomic E-state index is 0.681. The zero-order chi connectivity index (χ0) is 11.4. The Morgan fingerprint density at radius 1 is 1.50 bits per heavy atom. The van der Waals surface area contributed by atoms with Gasteiger partial charge in [0.05, 0.1) is 6.20 Å². The quantitative estimate of drug-likeness (QED) is 0.721. The third-order valence-corrected chi connectivity index (χ3v) is 2.85. The molecule has 1 heterocycles. The largest absolute Gasteiger partial charge is 0.445 e. The zero-order valence-corrected chi connectivity index (χ0v) is 10.3. The first kappa shape index (κ1) is 11.6. The third-order valence-electron chi connectivity index (χ3n) is 2.85. The molecule has 0 saturated heterocycles. The van der Waals surface area contributed by atoms with Gasteiger partial charge in [0, 0.05) is 12.3 Å². The summed E-state index contributed by atoms with van der Waals surface area (Å²) in [5.41, 5.74) is 0. The fourth-order valence-corrected chi connectivity index (χ4v) is 1.75. The van der Waals surface area contributed by atoms with E-state index in [0.29, 0.717) is 5.92 Å². The lowest BCUT2D eigenvalue weighted by Crippen LogP contribution is -2.21. The van der Waals surface area contributed by atoms with Gasteiger partial charge in [-0.25, -0.2) is 4.98 Å². The lowest BCUT2D eigenvalue weighted by atomic mass is 10.2. The van der Waals surface area contributed by atoms with Gasteiger partial charge in [-0.3, -0.25) is 0 Å². The molecule has 0 atom stereocenters. The maximum absolute atomic E-state index is 5.70. The van der Waals surface area contributed by atoms with Crippen molar-refractivity contribution in [1.82, 2.24) is 10.3 Å². The molecule has 16 heavy (non-hydrogen) atoms. The first-order chi connectivity index (χ1) is 7.75. The van der Waals surface area contributed by atoms with Gasteiger partial charge in [-0.1, -0.05) is 13.8 Å². The van der Waals surface area contributed by atoms with Gasteiger partial charge in [-0.15, -0.1) is 0 Å². The average molecular weight is 222 g/mol. The Balaban J connectivity index is 1.61. The molecule has 0 radical (unpaired) electrons. The van der Waals surface area contributed by atoms with Gasteiger partial charge in [-0.2, -0.15) is 0 Å². The number of aromatic nitrogens is 1. The second-order valence-corrected chi connectivity index (χ2v) is 5.13. The highest BCUT2D eigenvalue weighted by molar-refractivity contribution is 5.08. The van der Waals surface area contributed by atoms with Crippen LogP contribution < -0.4 is 5.32 Å². The summed E-state index contributed by atoms with van der Waals surface area (Å²) in [4.78, 5) is 4.32. The SMILES string of the molecule is CC(C)CNCCCc1ncc(C2CC2)o1. The molecule has 1 saturated carbocycles. The molecule has 1 fully saturated rings. The van der Waals surface area contributed by atoms with Crippen molar-refractivity contribution in [2.24, 2.45) is 5.92 Å². The summed E-state index contributed by atoms with van der Waals surface area (Å²) in [6, 6.07) is 0. The van der Waals surface area contributed by atoms with E-state index in [2.05, 4.69) is 24.1 Å². The maximum atomic E-state index is 5.70. The third kappa shape index (κ3) is 3.63. The highest BCUT2D eigenvalue weighted by atomic mass is 16.4. The standard InChI is InChI=1S/C13H22N2O/c1-10(2)8-14-7-3-4-13-15-9-12(16-13)11-5-6-11/h9-11,14H,3-8H2,1-2H3. The Bertz CT molecular complexity index is 315. The van der Waals surface area contributed by atoms with Crippen LogP contribution in [0.1, 0.15) is 50.7 Å². The molecule has 0 aromatic carbocycles. The normalized spacial score (nSPS) is 15.9. The summed E-state index contributed by atoms with van der Waals surface area (Å²) >= 11 is 0. The first-order valence-corrected chi connectivity index (χ1v) is 6.41. The summed E-state index contributed by atoms with van der Waals surface area (Å²) in [7, 11) is 0. The van der Waals surface area contributed by atoms with Gasteiger partial charge in [0.1, 0.15) is 5.76 Å². The number of nitrogens with one attached hydrogen (secondary N) is 1. The fraction of sp³-hybridized carbons (Fsp3) is 0.769. The predicted molar refractivity (Wildman–Crippen MR) is 64.5 cm³/mol. The van der Waals surface area contributed by atoms with E-state index in [1.54, 1.807) is 0 Å². The molecule has 0 amide bonds. The topological polar surface area (TPSA) is 38.1 Å². The van der Waals surface area contributed by atoms with Crippen molar-refractivity contribution in [2.75, 3.05) is 13.1 Å². The number of hydrogen-bond donors (Lipinski definition) is 1. The maximum Gasteiger partial charge on any atom is 0.194 e. The summed E-state index contributed by atoms with van der Waals surface area (Å²) in [6.07, 6.45) is 6.54.